The summed E-state index contributed by atoms with van der Waals surface area (Å²) in [7, 11) is 1.32. The number of carbonyl (C=O) groups is 2. The van der Waals surface area contributed by atoms with Crippen molar-refractivity contribution in [2.75, 3.05) is 20.3 Å². The Hall–Kier alpha value is -2.04. The first-order chi connectivity index (χ1) is 9.52. The van der Waals surface area contributed by atoms with E-state index in [1.54, 1.807) is 18.2 Å². The molecule has 0 spiro atoms. The molecule has 0 aliphatic carbocycles. The zero-order valence-corrected chi connectivity index (χ0v) is 12.1. The summed E-state index contributed by atoms with van der Waals surface area (Å²) in [5.41, 5.74) is 0.510. The number of hydrogen-bond donors (Lipinski definition) is 1. The summed E-state index contributed by atoms with van der Waals surface area (Å²) in [6.45, 7) is 4.97. The predicted octanol–water partition coefficient (Wildman–Crippen LogP) is 2.01. The van der Waals surface area contributed by atoms with Gasteiger partial charge in [-0.1, -0.05) is 19.9 Å². The summed E-state index contributed by atoms with van der Waals surface area (Å²) in [6, 6.07) is 6.98. The van der Waals surface area contributed by atoms with Crippen LogP contribution in [0, 0.1) is 5.92 Å². The van der Waals surface area contributed by atoms with Crippen molar-refractivity contribution >= 4 is 11.9 Å². The van der Waals surface area contributed by atoms with Crippen LogP contribution >= 0.6 is 0 Å². The van der Waals surface area contributed by atoms with Gasteiger partial charge in [-0.2, -0.15) is 0 Å². The maximum Gasteiger partial charge on any atom is 0.307 e. The van der Waals surface area contributed by atoms with Crippen LogP contribution in [0.4, 0.5) is 0 Å². The Morgan fingerprint density at radius 1 is 1.30 bits per heavy atom. The average molecular weight is 279 g/mol. The lowest BCUT2D eigenvalue weighted by Crippen LogP contribution is -2.26. The smallest absolute Gasteiger partial charge is 0.307 e. The van der Waals surface area contributed by atoms with Gasteiger partial charge in [0.25, 0.3) is 5.91 Å². The van der Waals surface area contributed by atoms with Crippen LogP contribution in [0.5, 0.6) is 5.75 Å². The molecule has 0 aromatic heterocycles. The number of methoxy groups -OCH3 is 1. The Balaban J connectivity index is 2.51. The van der Waals surface area contributed by atoms with Crippen molar-refractivity contribution in [2.45, 2.75) is 20.3 Å². The van der Waals surface area contributed by atoms with E-state index < -0.39 is 0 Å². The highest BCUT2D eigenvalue weighted by Gasteiger charge is 2.08. The number of esters is 1. The van der Waals surface area contributed by atoms with E-state index in [9.17, 15) is 9.59 Å². The monoisotopic (exact) mass is 279 g/mol. The minimum absolute atomic E-state index is 0.159. The molecule has 0 unspecified atom stereocenters. The van der Waals surface area contributed by atoms with Gasteiger partial charge in [-0.25, -0.2) is 0 Å². The first-order valence-corrected chi connectivity index (χ1v) is 6.60. The molecule has 1 aromatic carbocycles. The fourth-order valence-corrected chi connectivity index (χ4v) is 1.47. The molecule has 1 amide bonds. The third-order valence-electron chi connectivity index (χ3n) is 2.52. The topological polar surface area (TPSA) is 64.6 Å². The summed E-state index contributed by atoms with van der Waals surface area (Å²) < 4.78 is 10.1. The van der Waals surface area contributed by atoms with Crippen molar-refractivity contribution in [3.63, 3.8) is 0 Å². The number of benzene rings is 1. The Morgan fingerprint density at radius 2 is 2.05 bits per heavy atom. The molecular formula is C15H21NO4. The highest BCUT2D eigenvalue weighted by molar-refractivity contribution is 5.94. The van der Waals surface area contributed by atoms with Gasteiger partial charge >= 0.3 is 5.97 Å². The zero-order valence-electron chi connectivity index (χ0n) is 12.1. The standard InChI is InChI=1S/C15H21NO4/c1-11(2)10-20-13-6-4-5-12(9-13)15(18)16-8-7-14(17)19-3/h4-6,9,11H,7-8,10H2,1-3H3,(H,16,18). The Bertz CT molecular complexity index is 457. The van der Waals surface area contributed by atoms with Gasteiger partial charge in [0.2, 0.25) is 0 Å². The van der Waals surface area contributed by atoms with Crippen molar-refractivity contribution in [3.05, 3.63) is 29.8 Å². The van der Waals surface area contributed by atoms with Crippen molar-refractivity contribution in [3.8, 4) is 5.75 Å². The number of ether oxygens (including phenoxy) is 2. The maximum absolute atomic E-state index is 11.9. The molecule has 20 heavy (non-hydrogen) atoms. The molecule has 0 aliphatic heterocycles. The fraction of sp³-hybridized carbons (Fsp3) is 0.467. The van der Waals surface area contributed by atoms with E-state index in [4.69, 9.17) is 4.74 Å². The molecule has 110 valence electrons. The third kappa shape index (κ3) is 5.73. The van der Waals surface area contributed by atoms with Crippen LogP contribution in [-0.2, 0) is 9.53 Å². The molecular weight excluding hydrogens is 258 g/mol. The highest BCUT2D eigenvalue weighted by atomic mass is 16.5. The second kappa shape index (κ2) is 8.19. The number of nitrogens with one attached hydrogen (secondary N) is 1. The molecule has 5 heteroatoms. The molecule has 0 fully saturated rings. The number of amides is 1. The quantitative estimate of drug-likeness (QED) is 0.775. The normalized spacial score (nSPS) is 10.2. The fourth-order valence-electron chi connectivity index (χ4n) is 1.47. The molecule has 0 atom stereocenters. The van der Waals surface area contributed by atoms with Gasteiger partial charge in [0.1, 0.15) is 5.75 Å². The van der Waals surface area contributed by atoms with E-state index in [2.05, 4.69) is 23.9 Å². The minimum Gasteiger partial charge on any atom is -0.493 e. The Kier molecular flexibility index (Phi) is 6.56. The van der Waals surface area contributed by atoms with Gasteiger partial charge in [0.05, 0.1) is 20.1 Å². The van der Waals surface area contributed by atoms with Gasteiger partial charge in [-0.05, 0) is 24.1 Å². The van der Waals surface area contributed by atoms with E-state index in [0.717, 1.165) is 0 Å². The second-order valence-corrected chi connectivity index (χ2v) is 4.81. The van der Waals surface area contributed by atoms with Crippen LogP contribution in [0.25, 0.3) is 0 Å². The lowest BCUT2D eigenvalue weighted by atomic mass is 10.2. The first kappa shape index (κ1) is 16.0. The summed E-state index contributed by atoms with van der Waals surface area (Å²) in [4.78, 5) is 22.8. The van der Waals surface area contributed by atoms with Crippen LogP contribution in [0.15, 0.2) is 24.3 Å². The van der Waals surface area contributed by atoms with Crippen molar-refractivity contribution in [2.24, 2.45) is 5.92 Å². The van der Waals surface area contributed by atoms with Crippen molar-refractivity contribution in [1.29, 1.82) is 0 Å². The van der Waals surface area contributed by atoms with Crippen LogP contribution in [-0.4, -0.2) is 32.1 Å². The molecule has 0 saturated carbocycles. The SMILES string of the molecule is COC(=O)CCNC(=O)c1cccc(OCC(C)C)c1. The van der Waals surface area contributed by atoms with Crippen LogP contribution in [0.3, 0.4) is 0 Å². The summed E-state index contributed by atoms with van der Waals surface area (Å²) in [5, 5.41) is 2.66. The molecule has 1 aromatic rings. The number of hydrogen-bond acceptors (Lipinski definition) is 4. The molecule has 0 bridgehead atoms. The molecule has 0 saturated heterocycles. The van der Waals surface area contributed by atoms with Crippen LogP contribution in [0.2, 0.25) is 0 Å². The zero-order chi connectivity index (χ0) is 15.0. The van der Waals surface area contributed by atoms with Crippen molar-refractivity contribution in [1.82, 2.24) is 5.32 Å². The van der Waals surface area contributed by atoms with E-state index in [1.807, 2.05) is 6.07 Å². The molecule has 0 aliphatic rings. The van der Waals surface area contributed by atoms with Gasteiger partial charge in [0.15, 0.2) is 0 Å². The van der Waals surface area contributed by atoms with Gasteiger partial charge in [-0.15, -0.1) is 0 Å². The van der Waals surface area contributed by atoms with E-state index >= 15 is 0 Å². The van der Waals surface area contributed by atoms with Crippen LogP contribution in [0.1, 0.15) is 30.6 Å². The Labute approximate surface area is 119 Å². The summed E-state index contributed by atoms with van der Waals surface area (Å²) in [5.74, 6) is 0.509. The number of carbonyl (C=O) groups excluding carboxylic acids is 2. The lowest BCUT2D eigenvalue weighted by Gasteiger charge is -2.10. The Morgan fingerprint density at radius 3 is 2.70 bits per heavy atom. The minimum atomic E-state index is -0.348. The van der Waals surface area contributed by atoms with Gasteiger partial charge in [-0.3, -0.25) is 9.59 Å². The van der Waals surface area contributed by atoms with Gasteiger partial charge in [0, 0.05) is 12.1 Å². The third-order valence-corrected chi connectivity index (χ3v) is 2.52. The molecule has 5 nitrogen and oxygen atoms in total. The number of rotatable bonds is 7. The lowest BCUT2D eigenvalue weighted by molar-refractivity contribution is -0.140. The second-order valence-electron chi connectivity index (χ2n) is 4.81. The van der Waals surface area contributed by atoms with Crippen molar-refractivity contribution < 1.29 is 19.1 Å². The van der Waals surface area contributed by atoms with E-state index in [0.29, 0.717) is 23.8 Å². The average Bonchev–Trinajstić information content (AvgIpc) is 2.45. The molecule has 0 radical (unpaired) electrons. The molecule has 0 heterocycles. The first-order valence-electron chi connectivity index (χ1n) is 6.60. The summed E-state index contributed by atoms with van der Waals surface area (Å²) >= 11 is 0. The van der Waals surface area contributed by atoms with E-state index in [-0.39, 0.29) is 24.8 Å². The molecule has 1 rings (SSSR count). The van der Waals surface area contributed by atoms with E-state index in [1.165, 1.54) is 7.11 Å². The summed E-state index contributed by atoms with van der Waals surface area (Å²) in [6.07, 6.45) is 0.159. The molecule has 1 N–H and O–H groups in total. The van der Waals surface area contributed by atoms with Gasteiger partial charge < -0.3 is 14.8 Å². The maximum atomic E-state index is 11.9. The van der Waals surface area contributed by atoms with Crippen LogP contribution < -0.4 is 10.1 Å². The predicted molar refractivity (Wildman–Crippen MR) is 75.7 cm³/mol. The largest absolute Gasteiger partial charge is 0.493 e. The highest BCUT2D eigenvalue weighted by Crippen LogP contribution is 2.14.